The van der Waals surface area contributed by atoms with Gasteiger partial charge in [0.15, 0.2) is 12.0 Å². The van der Waals surface area contributed by atoms with Crippen LogP contribution in [0, 0.1) is 0 Å². The summed E-state index contributed by atoms with van der Waals surface area (Å²) in [6, 6.07) is 12.9. The second-order valence-corrected chi connectivity index (χ2v) is 9.35. The molecule has 0 aliphatic carbocycles. The van der Waals surface area contributed by atoms with Crippen molar-refractivity contribution in [3.05, 3.63) is 53.6 Å². The van der Waals surface area contributed by atoms with Crippen molar-refractivity contribution in [1.82, 2.24) is 10.0 Å². The number of likely N-dealkylation sites (N-methyl/N-ethyl adjacent to an activating group) is 1. The lowest BCUT2D eigenvalue weighted by atomic mass is 10.1. The van der Waals surface area contributed by atoms with Gasteiger partial charge in [0.05, 0.1) is 0 Å². The number of anilines is 3. The van der Waals surface area contributed by atoms with E-state index in [1.807, 2.05) is 25.9 Å². The number of urea groups is 2. The zero-order valence-corrected chi connectivity index (χ0v) is 19.7. The fourth-order valence-corrected chi connectivity index (χ4v) is 4.68. The molecule has 3 aliphatic rings. The molecule has 5 rings (SSSR count). The first-order valence-electron chi connectivity index (χ1n) is 10.9. The first-order chi connectivity index (χ1) is 16.2. The molecule has 4 amide bonds. The fourth-order valence-electron chi connectivity index (χ4n) is 4.49. The number of nitrogens with one attached hydrogen (secondary N) is 3. The van der Waals surface area contributed by atoms with Crippen molar-refractivity contribution in [1.29, 1.82) is 0 Å². The van der Waals surface area contributed by atoms with Gasteiger partial charge in [-0.05, 0) is 56.3 Å². The molecule has 180 valence electrons. The van der Waals surface area contributed by atoms with Crippen LogP contribution in [0.15, 0.2) is 48.5 Å². The third kappa shape index (κ3) is 4.55. The number of ether oxygens (including phenoxy) is 3. The van der Waals surface area contributed by atoms with Crippen LogP contribution in [0.1, 0.15) is 13.8 Å². The average molecular weight is 488 g/mol. The van der Waals surface area contributed by atoms with E-state index in [-0.39, 0.29) is 24.3 Å². The third-order valence-corrected chi connectivity index (χ3v) is 6.10. The molecule has 2 bridgehead atoms. The van der Waals surface area contributed by atoms with Crippen LogP contribution in [0.25, 0.3) is 0 Å². The van der Waals surface area contributed by atoms with E-state index in [1.54, 1.807) is 48.5 Å². The van der Waals surface area contributed by atoms with Crippen LogP contribution in [0.4, 0.5) is 26.7 Å². The number of hydrazine groups is 1. The van der Waals surface area contributed by atoms with Gasteiger partial charge in [0.25, 0.3) is 0 Å². The zero-order chi connectivity index (χ0) is 24.0. The lowest BCUT2D eigenvalue weighted by molar-refractivity contribution is -0.247. The molecular weight excluding hydrogens is 462 g/mol. The number of amides is 4. The van der Waals surface area contributed by atoms with Crippen LogP contribution < -0.4 is 16.0 Å². The largest absolute Gasteiger partial charge is 0.346 e. The molecule has 0 aromatic heterocycles. The van der Waals surface area contributed by atoms with Crippen LogP contribution >= 0.6 is 11.6 Å². The Bertz CT molecular complexity index is 1100. The van der Waals surface area contributed by atoms with Gasteiger partial charge in [0, 0.05) is 35.7 Å². The number of benzene rings is 2. The minimum Gasteiger partial charge on any atom is -0.346 e. The van der Waals surface area contributed by atoms with Crippen LogP contribution in [0.5, 0.6) is 0 Å². The summed E-state index contributed by atoms with van der Waals surface area (Å²) in [5, 5.41) is 12.2. The van der Waals surface area contributed by atoms with Gasteiger partial charge >= 0.3 is 12.1 Å². The van der Waals surface area contributed by atoms with Gasteiger partial charge in [0.1, 0.15) is 18.3 Å². The predicted octanol–water partition coefficient (Wildman–Crippen LogP) is 3.92. The summed E-state index contributed by atoms with van der Waals surface area (Å²) in [6.45, 7) is 4.23. The van der Waals surface area contributed by atoms with Crippen molar-refractivity contribution in [2.75, 3.05) is 29.5 Å². The maximum atomic E-state index is 13.1. The molecular formula is C23H26ClN5O5. The van der Waals surface area contributed by atoms with Crippen LogP contribution in [-0.2, 0) is 14.2 Å². The number of rotatable bonds is 3. The summed E-state index contributed by atoms with van der Waals surface area (Å²) < 4.78 is 18.0. The van der Waals surface area contributed by atoms with Gasteiger partial charge in [-0.25, -0.2) is 19.6 Å². The monoisotopic (exact) mass is 487 g/mol. The van der Waals surface area contributed by atoms with Crippen LogP contribution in [0.3, 0.4) is 0 Å². The summed E-state index contributed by atoms with van der Waals surface area (Å²) in [5.41, 5.74) is 1.72. The van der Waals surface area contributed by atoms with Crippen LogP contribution in [0.2, 0.25) is 5.02 Å². The molecule has 2 aromatic rings. The molecule has 3 heterocycles. The molecule has 0 saturated carbocycles. The van der Waals surface area contributed by atoms with Crippen molar-refractivity contribution in [3.8, 4) is 0 Å². The van der Waals surface area contributed by atoms with E-state index in [9.17, 15) is 9.59 Å². The Morgan fingerprint density at radius 1 is 0.971 bits per heavy atom. The number of halogens is 1. The summed E-state index contributed by atoms with van der Waals surface area (Å²) >= 11 is 5.94. The normalized spacial score (nSPS) is 27.2. The Morgan fingerprint density at radius 3 is 2.32 bits per heavy atom. The lowest BCUT2D eigenvalue weighted by Gasteiger charge is -2.42. The molecule has 34 heavy (non-hydrogen) atoms. The highest BCUT2D eigenvalue weighted by Gasteiger charge is 2.61. The number of carbonyl (C=O) groups is 2. The molecule has 0 radical (unpaired) electrons. The van der Waals surface area contributed by atoms with Gasteiger partial charge in [-0.15, -0.1) is 0 Å². The second-order valence-electron chi connectivity index (χ2n) is 8.91. The Morgan fingerprint density at radius 2 is 1.62 bits per heavy atom. The maximum Gasteiger partial charge on any atom is 0.338 e. The van der Waals surface area contributed by atoms with Gasteiger partial charge < -0.3 is 30.2 Å². The lowest BCUT2D eigenvalue weighted by Crippen LogP contribution is -2.59. The van der Waals surface area contributed by atoms with Crippen molar-refractivity contribution in [2.45, 2.75) is 44.2 Å². The highest BCUT2D eigenvalue weighted by molar-refractivity contribution is 6.30. The third-order valence-electron chi connectivity index (χ3n) is 5.86. The molecule has 0 spiro atoms. The molecule has 3 saturated heterocycles. The number of fused-ring (bicyclic) bond motifs is 5. The smallest absolute Gasteiger partial charge is 0.338 e. The van der Waals surface area contributed by atoms with Gasteiger partial charge in [0.2, 0.25) is 0 Å². The molecule has 11 heteroatoms. The molecule has 3 fully saturated rings. The van der Waals surface area contributed by atoms with Gasteiger partial charge in [-0.3, -0.25) is 0 Å². The summed E-state index contributed by atoms with van der Waals surface area (Å²) in [7, 11) is 1.83. The summed E-state index contributed by atoms with van der Waals surface area (Å²) in [4.78, 5) is 25.3. The molecule has 2 aromatic carbocycles. The number of nitrogens with zero attached hydrogens (tertiary/aromatic N) is 2. The molecule has 4 atom stereocenters. The average Bonchev–Trinajstić information content (AvgIpc) is 3.21. The standard InChI is InChI=1S/C23H26ClN5O5/c1-23(2)33-18-17-12-28(3)29(20(32-17)19(18)34-23)22(31)27-15-9-7-14(8-10-15)25-21(30)26-16-6-4-5-13(24)11-16/h4-11,17-20H,12H2,1-3H3,(H,27,31)(H2,25,26,30)/t17-,18-,19-,20-/m1/s1. The Balaban J connectivity index is 1.20. The number of carbonyl (C=O) groups excluding carboxylic acids is 2. The maximum absolute atomic E-state index is 13.1. The molecule has 3 aliphatic heterocycles. The zero-order valence-electron chi connectivity index (χ0n) is 18.9. The van der Waals surface area contributed by atoms with E-state index >= 15 is 0 Å². The number of hydrogen-bond donors (Lipinski definition) is 3. The van der Waals surface area contributed by atoms with E-state index in [0.717, 1.165) is 0 Å². The minimum absolute atomic E-state index is 0.158. The van der Waals surface area contributed by atoms with Gasteiger partial charge in [-0.2, -0.15) is 0 Å². The number of hydrogen-bond acceptors (Lipinski definition) is 6. The highest BCUT2D eigenvalue weighted by Crippen LogP contribution is 2.42. The van der Waals surface area contributed by atoms with Crippen molar-refractivity contribution >= 4 is 40.7 Å². The van der Waals surface area contributed by atoms with Crippen LogP contribution in [-0.4, -0.2) is 66.0 Å². The van der Waals surface area contributed by atoms with Gasteiger partial charge in [-0.1, -0.05) is 17.7 Å². The van der Waals surface area contributed by atoms with E-state index in [1.165, 1.54) is 5.01 Å². The van der Waals surface area contributed by atoms with E-state index in [2.05, 4.69) is 16.0 Å². The Labute approximate surface area is 202 Å². The highest BCUT2D eigenvalue weighted by atomic mass is 35.5. The van der Waals surface area contributed by atoms with Crippen molar-refractivity contribution in [2.24, 2.45) is 0 Å². The predicted molar refractivity (Wildman–Crippen MR) is 127 cm³/mol. The summed E-state index contributed by atoms with van der Waals surface area (Å²) in [5.74, 6) is -0.713. The fraction of sp³-hybridized carbons (Fsp3) is 0.391. The van der Waals surface area contributed by atoms with E-state index in [0.29, 0.717) is 28.6 Å². The quantitative estimate of drug-likeness (QED) is 0.606. The van der Waals surface area contributed by atoms with E-state index in [4.69, 9.17) is 25.8 Å². The first-order valence-corrected chi connectivity index (χ1v) is 11.3. The minimum atomic E-state index is -0.713. The first kappa shape index (κ1) is 22.9. The topological polar surface area (TPSA) is 104 Å². The second kappa shape index (κ2) is 8.71. The molecule has 3 N–H and O–H groups in total. The molecule has 0 unspecified atom stereocenters. The van der Waals surface area contributed by atoms with Crippen molar-refractivity contribution in [3.63, 3.8) is 0 Å². The van der Waals surface area contributed by atoms with Crippen molar-refractivity contribution < 1.29 is 23.8 Å². The Hall–Kier alpha value is -2.89. The SMILES string of the molecule is CN1C[C@H]2O[C@H]([C@@H]3OC(C)(C)O[C@@H]32)N1C(=O)Nc1ccc(NC(=O)Nc2cccc(Cl)c2)cc1. The van der Waals surface area contributed by atoms with E-state index < -0.39 is 18.0 Å². The Kier molecular flexibility index (Phi) is 5.86. The molecule has 10 nitrogen and oxygen atoms in total. The summed E-state index contributed by atoms with van der Waals surface area (Å²) in [6.07, 6.45) is -1.31.